The van der Waals surface area contributed by atoms with E-state index >= 15 is 0 Å². The molecule has 0 bridgehead atoms. The summed E-state index contributed by atoms with van der Waals surface area (Å²) in [5.74, 6) is 0. The standard InChI is InChI=1S/C14H18N2O2/c17-8-4-3-7-15-14(18)16-13-9-11-5-1-2-6-12(11)10-13/h1-2,5-6,8,13H,3-4,7,9-10H2,(H2,15,16,18). The zero-order chi connectivity index (χ0) is 12.8. The molecule has 1 aromatic carbocycles. The van der Waals surface area contributed by atoms with Gasteiger partial charge in [-0.15, -0.1) is 0 Å². The smallest absolute Gasteiger partial charge is 0.315 e. The first-order valence-corrected chi connectivity index (χ1v) is 6.34. The van der Waals surface area contributed by atoms with Crippen LogP contribution in [0.25, 0.3) is 0 Å². The van der Waals surface area contributed by atoms with Crippen LogP contribution in [-0.4, -0.2) is 24.9 Å². The van der Waals surface area contributed by atoms with Crippen LogP contribution in [-0.2, 0) is 17.6 Å². The highest BCUT2D eigenvalue weighted by atomic mass is 16.2. The number of nitrogens with one attached hydrogen (secondary N) is 2. The Bertz CT molecular complexity index is 407. The molecule has 2 amide bonds. The zero-order valence-corrected chi connectivity index (χ0v) is 10.3. The Balaban J connectivity index is 1.72. The van der Waals surface area contributed by atoms with Gasteiger partial charge in [0.15, 0.2) is 0 Å². The molecule has 2 rings (SSSR count). The Morgan fingerprint density at radius 2 is 1.94 bits per heavy atom. The maximum atomic E-state index is 11.6. The van der Waals surface area contributed by atoms with Crippen molar-refractivity contribution in [2.24, 2.45) is 0 Å². The molecular weight excluding hydrogens is 228 g/mol. The van der Waals surface area contributed by atoms with Gasteiger partial charge >= 0.3 is 6.03 Å². The molecule has 0 unspecified atom stereocenters. The van der Waals surface area contributed by atoms with E-state index in [9.17, 15) is 9.59 Å². The molecule has 4 nitrogen and oxygen atoms in total. The summed E-state index contributed by atoms with van der Waals surface area (Å²) in [6, 6.07) is 8.33. The molecular formula is C14H18N2O2. The lowest BCUT2D eigenvalue weighted by Crippen LogP contribution is -2.42. The number of benzene rings is 1. The summed E-state index contributed by atoms with van der Waals surface area (Å²) in [6.07, 6.45) is 3.86. The van der Waals surface area contributed by atoms with Crippen LogP contribution in [0.3, 0.4) is 0 Å². The first kappa shape index (κ1) is 12.6. The number of hydrogen-bond donors (Lipinski definition) is 2. The monoisotopic (exact) mass is 246 g/mol. The Labute approximate surface area is 107 Å². The molecule has 0 saturated carbocycles. The lowest BCUT2D eigenvalue weighted by Gasteiger charge is -2.12. The van der Waals surface area contributed by atoms with Crippen molar-refractivity contribution in [3.63, 3.8) is 0 Å². The quantitative estimate of drug-likeness (QED) is 0.610. The van der Waals surface area contributed by atoms with Crippen molar-refractivity contribution in [1.29, 1.82) is 0 Å². The van der Waals surface area contributed by atoms with Crippen molar-refractivity contribution >= 4 is 12.3 Å². The van der Waals surface area contributed by atoms with Gasteiger partial charge in [-0.1, -0.05) is 24.3 Å². The molecule has 0 radical (unpaired) electrons. The molecule has 0 saturated heterocycles. The van der Waals surface area contributed by atoms with E-state index in [4.69, 9.17) is 0 Å². The van der Waals surface area contributed by atoms with Crippen LogP contribution in [0.1, 0.15) is 24.0 Å². The van der Waals surface area contributed by atoms with E-state index in [0.717, 1.165) is 19.1 Å². The van der Waals surface area contributed by atoms with Gasteiger partial charge in [-0.25, -0.2) is 4.79 Å². The summed E-state index contributed by atoms with van der Waals surface area (Å²) in [4.78, 5) is 21.7. The van der Waals surface area contributed by atoms with Crippen molar-refractivity contribution in [1.82, 2.24) is 10.6 Å². The molecule has 18 heavy (non-hydrogen) atoms. The van der Waals surface area contributed by atoms with E-state index in [2.05, 4.69) is 22.8 Å². The third-order valence-electron chi connectivity index (χ3n) is 3.17. The van der Waals surface area contributed by atoms with Crippen molar-refractivity contribution in [2.75, 3.05) is 6.54 Å². The summed E-state index contributed by atoms with van der Waals surface area (Å²) >= 11 is 0. The van der Waals surface area contributed by atoms with Gasteiger partial charge in [-0.3, -0.25) is 0 Å². The number of hydrogen-bond acceptors (Lipinski definition) is 2. The normalized spacial score (nSPS) is 14.0. The Kier molecular flexibility index (Phi) is 4.34. The lowest BCUT2D eigenvalue weighted by atomic mass is 10.1. The van der Waals surface area contributed by atoms with Crippen molar-refractivity contribution in [3.05, 3.63) is 35.4 Å². The molecule has 0 aromatic heterocycles. The molecule has 1 aliphatic carbocycles. The summed E-state index contributed by atoms with van der Waals surface area (Å²) in [5.41, 5.74) is 2.65. The fraction of sp³-hybridized carbons (Fsp3) is 0.429. The third-order valence-corrected chi connectivity index (χ3v) is 3.17. The highest BCUT2D eigenvalue weighted by Crippen LogP contribution is 2.21. The minimum atomic E-state index is -0.140. The van der Waals surface area contributed by atoms with E-state index in [1.165, 1.54) is 11.1 Å². The number of unbranched alkanes of at least 4 members (excludes halogenated alkanes) is 1. The molecule has 0 heterocycles. The van der Waals surface area contributed by atoms with Gasteiger partial charge in [0.1, 0.15) is 6.29 Å². The van der Waals surface area contributed by atoms with Crippen LogP contribution in [0.2, 0.25) is 0 Å². The largest absolute Gasteiger partial charge is 0.338 e. The van der Waals surface area contributed by atoms with Crippen LogP contribution >= 0.6 is 0 Å². The van der Waals surface area contributed by atoms with Gasteiger partial charge in [0, 0.05) is 19.0 Å². The molecule has 0 aliphatic heterocycles. The van der Waals surface area contributed by atoms with E-state index in [-0.39, 0.29) is 12.1 Å². The van der Waals surface area contributed by atoms with Crippen molar-refractivity contribution in [2.45, 2.75) is 31.7 Å². The van der Waals surface area contributed by atoms with Gasteiger partial charge in [-0.05, 0) is 30.4 Å². The van der Waals surface area contributed by atoms with Crippen molar-refractivity contribution in [3.8, 4) is 0 Å². The summed E-state index contributed by atoms with van der Waals surface area (Å²) in [6.45, 7) is 0.546. The molecule has 0 atom stereocenters. The number of rotatable bonds is 5. The number of carbonyl (C=O) groups excluding carboxylic acids is 2. The number of aldehydes is 1. The van der Waals surface area contributed by atoms with Crippen LogP contribution in [0.15, 0.2) is 24.3 Å². The molecule has 4 heteroatoms. The molecule has 0 fully saturated rings. The first-order chi connectivity index (χ1) is 8.79. The van der Waals surface area contributed by atoms with Crippen LogP contribution in [0.5, 0.6) is 0 Å². The minimum absolute atomic E-state index is 0.140. The van der Waals surface area contributed by atoms with E-state index in [1.54, 1.807) is 0 Å². The fourth-order valence-corrected chi connectivity index (χ4v) is 2.28. The van der Waals surface area contributed by atoms with Crippen LogP contribution < -0.4 is 10.6 Å². The van der Waals surface area contributed by atoms with Gasteiger partial charge in [-0.2, -0.15) is 0 Å². The second-order valence-corrected chi connectivity index (χ2v) is 4.58. The molecule has 1 aliphatic rings. The number of urea groups is 1. The van der Waals surface area contributed by atoms with Crippen molar-refractivity contribution < 1.29 is 9.59 Å². The summed E-state index contributed by atoms with van der Waals surface area (Å²) in [7, 11) is 0. The van der Waals surface area contributed by atoms with Crippen LogP contribution in [0.4, 0.5) is 4.79 Å². The molecule has 1 aromatic rings. The number of carbonyl (C=O) groups is 2. The highest BCUT2D eigenvalue weighted by molar-refractivity contribution is 5.74. The van der Waals surface area contributed by atoms with E-state index < -0.39 is 0 Å². The predicted octanol–water partition coefficient (Wildman–Crippen LogP) is 1.43. The summed E-state index contributed by atoms with van der Waals surface area (Å²) in [5, 5.41) is 5.73. The minimum Gasteiger partial charge on any atom is -0.338 e. The van der Waals surface area contributed by atoms with Gasteiger partial charge in [0.05, 0.1) is 0 Å². The molecule has 2 N–H and O–H groups in total. The number of amides is 2. The highest BCUT2D eigenvalue weighted by Gasteiger charge is 2.21. The molecule has 96 valence electrons. The van der Waals surface area contributed by atoms with E-state index in [0.29, 0.717) is 19.4 Å². The Hall–Kier alpha value is -1.84. The van der Waals surface area contributed by atoms with Gasteiger partial charge in [0.25, 0.3) is 0 Å². The fourth-order valence-electron chi connectivity index (χ4n) is 2.28. The Morgan fingerprint density at radius 3 is 2.56 bits per heavy atom. The SMILES string of the molecule is O=CCCCNC(=O)NC1Cc2ccccc2C1. The third kappa shape index (κ3) is 3.32. The van der Waals surface area contributed by atoms with E-state index in [1.807, 2.05) is 12.1 Å². The second-order valence-electron chi connectivity index (χ2n) is 4.58. The topological polar surface area (TPSA) is 58.2 Å². The second kappa shape index (κ2) is 6.19. The number of fused-ring (bicyclic) bond motifs is 1. The average molecular weight is 246 g/mol. The maximum Gasteiger partial charge on any atom is 0.315 e. The Morgan fingerprint density at radius 1 is 1.28 bits per heavy atom. The molecule has 0 spiro atoms. The van der Waals surface area contributed by atoms with Gasteiger partial charge in [0.2, 0.25) is 0 Å². The maximum absolute atomic E-state index is 11.6. The first-order valence-electron chi connectivity index (χ1n) is 6.34. The summed E-state index contributed by atoms with van der Waals surface area (Å²) < 4.78 is 0. The lowest BCUT2D eigenvalue weighted by molar-refractivity contribution is -0.107. The van der Waals surface area contributed by atoms with Crippen LogP contribution in [0, 0.1) is 0 Å². The zero-order valence-electron chi connectivity index (χ0n) is 10.3. The van der Waals surface area contributed by atoms with Gasteiger partial charge < -0.3 is 15.4 Å². The average Bonchev–Trinajstić information content (AvgIpc) is 2.76. The predicted molar refractivity (Wildman–Crippen MR) is 69.5 cm³/mol.